The first-order chi connectivity index (χ1) is 9.04. The van der Waals surface area contributed by atoms with E-state index in [9.17, 15) is 9.59 Å². The van der Waals surface area contributed by atoms with E-state index in [0.717, 1.165) is 12.8 Å². The molecule has 2 N–H and O–H groups in total. The molecule has 0 radical (unpaired) electrons. The molecule has 1 aliphatic carbocycles. The van der Waals surface area contributed by atoms with Crippen molar-refractivity contribution in [1.82, 2.24) is 10.2 Å². The van der Waals surface area contributed by atoms with Crippen LogP contribution in [0.5, 0.6) is 0 Å². The van der Waals surface area contributed by atoms with Gasteiger partial charge < -0.3 is 15.3 Å². The number of carbonyl (C=O) groups excluding carboxylic acids is 1. The van der Waals surface area contributed by atoms with E-state index in [0.29, 0.717) is 25.9 Å². The van der Waals surface area contributed by atoms with E-state index < -0.39 is 5.97 Å². The lowest BCUT2D eigenvalue weighted by molar-refractivity contribution is -0.137. The standard InChI is InChI=1S/C13H21N3O3/c1-10(3-6-12(17)18)9-15-13(19)16(8-2-7-14)11-4-5-11/h10-11H,2-6,8-9H2,1H3,(H,15,19)(H,17,18). The van der Waals surface area contributed by atoms with Crippen molar-refractivity contribution < 1.29 is 14.7 Å². The third-order valence-electron chi connectivity index (χ3n) is 3.17. The highest BCUT2D eigenvalue weighted by Gasteiger charge is 2.32. The summed E-state index contributed by atoms with van der Waals surface area (Å²) >= 11 is 0. The number of nitrogens with zero attached hydrogens (tertiary/aromatic N) is 2. The van der Waals surface area contributed by atoms with Crippen LogP contribution in [0.2, 0.25) is 0 Å². The van der Waals surface area contributed by atoms with Gasteiger partial charge in [-0.15, -0.1) is 0 Å². The lowest BCUT2D eigenvalue weighted by Gasteiger charge is -2.22. The van der Waals surface area contributed by atoms with Gasteiger partial charge in [0.25, 0.3) is 0 Å². The molecule has 0 bridgehead atoms. The first-order valence-electron chi connectivity index (χ1n) is 6.67. The van der Waals surface area contributed by atoms with Gasteiger partial charge in [0, 0.05) is 25.6 Å². The van der Waals surface area contributed by atoms with Crippen molar-refractivity contribution in [3.8, 4) is 6.07 Å². The van der Waals surface area contributed by atoms with Gasteiger partial charge >= 0.3 is 12.0 Å². The normalized spacial score (nSPS) is 15.4. The van der Waals surface area contributed by atoms with E-state index in [2.05, 4.69) is 5.32 Å². The van der Waals surface area contributed by atoms with Gasteiger partial charge in [-0.25, -0.2) is 4.79 Å². The molecule has 2 amide bonds. The molecule has 0 saturated heterocycles. The third-order valence-corrected chi connectivity index (χ3v) is 3.17. The van der Waals surface area contributed by atoms with Gasteiger partial charge in [0.05, 0.1) is 12.5 Å². The number of carbonyl (C=O) groups is 2. The molecule has 1 atom stereocenters. The number of carboxylic acid groups (broad SMARTS) is 1. The lowest BCUT2D eigenvalue weighted by atomic mass is 10.1. The Morgan fingerprint density at radius 3 is 2.74 bits per heavy atom. The average molecular weight is 267 g/mol. The Bertz CT molecular complexity index is 361. The van der Waals surface area contributed by atoms with Crippen LogP contribution in [0.4, 0.5) is 4.79 Å². The summed E-state index contributed by atoms with van der Waals surface area (Å²) in [5, 5.41) is 20.0. The minimum absolute atomic E-state index is 0.123. The van der Waals surface area contributed by atoms with Gasteiger partial charge in [-0.05, 0) is 25.2 Å². The highest BCUT2D eigenvalue weighted by molar-refractivity contribution is 5.75. The molecule has 0 aromatic carbocycles. The van der Waals surface area contributed by atoms with E-state index in [1.807, 2.05) is 13.0 Å². The van der Waals surface area contributed by atoms with E-state index in [4.69, 9.17) is 10.4 Å². The Morgan fingerprint density at radius 1 is 1.53 bits per heavy atom. The molecule has 0 aromatic heterocycles. The molecule has 6 heteroatoms. The topological polar surface area (TPSA) is 93.4 Å². The lowest BCUT2D eigenvalue weighted by Crippen LogP contribution is -2.43. The van der Waals surface area contributed by atoms with Gasteiger partial charge in [0.1, 0.15) is 0 Å². The predicted octanol–water partition coefficient (Wildman–Crippen LogP) is 1.57. The number of aliphatic carboxylic acids is 1. The van der Waals surface area contributed by atoms with Crippen molar-refractivity contribution in [2.24, 2.45) is 5.92 Å². The molecule has 1 unspecified atom stereocenters. The fourth-order valence-corrected chi connectivity index (χ4v) is 1.84. The minimum atomic E-state index is -0.813. The zero-order valence-corrected chi connectivity index (χ0v) is 11.3. The summed E-state index contributed by atoms with van der Waals surface area (Å²) in [5.74, 6) is -0.677. The Hall–Kier alpha value is -1.77. The third kappa shape index (κ3) is 6.09. The number of urea groups is 1. The average Bonchev–Trinajstić information content (AvgIpc) is 3.18. The van der Waals surface area contributed by atoms with Gasteiger partial charge in [-0.1, -0.05) is 6.92 Å². The molecule has 1 aliphatic rings. The van der Waals surface area contributed by atoms with Crippen molar-refractivity contribution in [1.29, 1.82) is 5.26 Å². The predicted molar refractivity (Wildman–Crippen MR) is 69.4 cm³/mol. The second kappa shape index (κ2) is 7.62. The van der Waals surface area contributed by atoms with Crippen LogP contribution >= 0.6 is 0 Å². The van der Waals surface area contributed by atoms with Crippen molar-refractivity contribution in [2.45, 2.75) is 45.1 Å². The Kier molecular flexibility index (Phi) is 6.13. The molecule has 0 spiro atoms. The monoisotopic (exact) mass is 267 g/mol. The molecule has 1 fully saturated rings. The maximum atomic E-state index is 12.0. The number of nitrogens with one attached hydrogen (secondary N) is 1. The molecule has 106 valence electrons. The number of hydrogen-bond donors (Lipinski definition) is 2. The first-order valence-corrected chi connectivity index (χ1v) is 6.67. The number of nitriles is 1. The highest BCUT2D eigenvalue weighted by atomic mass is 16.4. The van der Waals surface area contributed by atoms with Gasteiger partial charge in [0.2, 0.25) is 0 Å². The largest absolute Gasteiger partial charge is 0.481 e. The number of hydrogen-bond acceptors (Lipinski definition) is 3. The Labute approximate surface area is 113 Å². The van der Waals surface area contributed by atoms with Crippen LogP contribution in [-0.2, 0) is 4.79 Å². The summed E-state index contributed by atoms with van der Waals surface area (Å²) < 4.78 is 0. The second-order valence-corrected chi connectivity index (χ2v) is 5.06. The Morgan fingerprint density at radius 2 is 2.21 bits per heavy atom. The molecule has 1 saturated carbocycles. The molecule has 19 heavy (non-hydrogen) atoms. The first kappa shape index (κ1) is 15.3. The number of rotatable bonds is 8. The van der Waals surface area contributed by atoms with E-state index in [-0.39, 0.29) is 24.4 Å². The summed E-state index contributed by atoms with van der Waals surface area (Å²) in [6, 6.07) is 2.19. The van der Waals surface area contributed by atoms with Gasteiger partial charge in [0.15, 0.2) is 0 Å². The SMILES string of the molecule is CC(CCC(=O)O)CNC(=O)N(CCC#N)C1CC1. The smallest absolute Gasteiger partial charge is 0.317 e. The molecular weight excluding hydrogens is 246 g/mol. The molecule has 6 nitrogen and oxygen atoms in total. The molecule has 0 aromatic rings. The van der Waals surface area contributed by atoms with Gasteiger partial charge in [-0.3, -0.25) is 4.79 Å². The van der Waals surface area contributed by atoms with Crippen LogP contribution < -0.4 is 5.32 Å². The van der Waals surface area contributed by atoms with Crippen LogP contribution in [0, 0.1) is 17.2 Å². The van der Waals surface area contributed by atoms with Crippen LogP contribution in [-0.4, -0.2) is 41.1 Å². The Balaban J connectivity index is 2.27. The molecular formula is C13H21N3O3. The fraction of sp³-hybridized carbons (Fsp3) is 0.769. The zero-order chi connectivity index (χ0) is 14.3. The molecule has 0 aliphatic heterocycles. The molecule has 1 rings (SSSR count). The van der Waals surface area contributed by atoms with Crippen LogP contribution in [0.3, 0.4) is 0 Å². The van der Waals surface area contributed by atoms with Crippen molar-refractivity contribution in [3.63, 3.8) is 0 Å². The van der Waals surface area contributed by atoms with Crippen molar-refractivity contribution >= 4 is 12.0 Å². The minimum Gasteiger partial charge on any atom is -0.481 e. The summed E-state index contributed by atoms with van der Waals surface area (Å²) in [4.78, 5) is 24.1. The number of amides is 2. The fourth-order valence-electron chi connectivity index (χ4n) is 1.84. The highest BCUT2D eigenvalue weighted by Crippen LogP contribution is 2.26. The van der Waals surface area contributed by atoms with Crippen LogP contribution in [0.1, 0.15) is 39.0 Å². The maximum Gasteiger partial charge on any atom is 0.317 e. The summed E-state index contributed by atoms with van der Waals surface area (Å²) in [6.07, 6.45) is 3.04. The maximum absolute atomic E-state index is 12.0. The summed E-state index contributed by atoms with van der Waals surface area (Å²) in [6.45, 7) is 2.86. The van der Waals surface area contributed by atoms with Crippen molar-refractivity contribution in [3.05, 3.63) is 0 Å². The van der Waals surface area contributed by atoms with Crippen LogP contribution in [0.25, 0.3) is 0 Å². The van der Waals surface area contributed by atoms with Crippen molar-refractivity contribution in [2.75, 3.05) is 13.1 Å². The summed E-state index contributed by atoms with van der Waals surface area (Å²) in [7, 11) is 0. The number of carboxylic acids is 1. The second-order valence-electron chi connectivity index (χ2n) is 5.06. The van der Waals surface area contributed by atoms with Crippen LogP contribution in [0.15, 0.2) is 0 Å². The van der Waals surface area contributed by atoms with E-state index in [1.165, 1.54) is 0 Å². The van der Waals surface area contributed by atoms with E-state index in [1.54, 1.807) is 4.90 Å². The molecule has 0 heterocycles. The van der Waals surface area contributed by atoms with Gasteiger partial charge in [-0.2, -0.15) is 5.26 Å². The quantitative estimate of drug-likeness (QED) is 0.698. The van der Waals surface area contributed by atoms with E-state index >= 15 is 0 Å². The zero-order valence-electron chi connectivity index (χ0n) is 11.3. The summed E-state index contributed by atoms with van der Waals surface area (Å²) in [5.41, 5.74) is 0.